The molecule has 0 aromatic heterocycles. The monoisotopic (exact) mass is 409 g/mol. The van der Waals surface area contributed by atoms with Crippen molar-refractivity contribution in [2.24, 2.45) is 0 Å². The highest BCUT2D eigenvalue weighted by atomic mass is 79.9. The molecule has 8 heteroatoms. The van der Waals surface area contributed by atoms with Crippen LogP contribution in [0.2, 0.25) is 0 Å². The molecule has 0 spiro atoms. The molecule has 6 nitrogen and oxygen atoms in total. The molecule has 24 heavy (non-hydrogen) atoms. The molecule has 126 valence electrons. The van der Waals surface area contributed by atoms with Gasteiger partial charge in [0.2, 0.25) is 5.91 Å². The molecule has 0 bridgehead atoms. The van der Waals surface area contributed by atoms with E-state index in [0.717, 1.165) is 10.0 Å². The summed E-state index contributed by atoms with van der Waals surface area (Å²) in [5, 5.41) is 2.79. The molecule has 0 atom stereocenters. The maximum Gasteiger partial charge on any atom is 0.257 e. The summed E-state index contributed by atoms with van der Waals surface area (Å²) in [5.41, 5.74) is 4.81. The number of halogens is 1. The minimum atomic E-state index is -3.71. The van der Waals surface area contributed by atoms with Crippen molar-refractivity contribution in [2.75, 3.05) is 10.7 Å². The van der Waals surface area contributed by atoms with Crippen LogP contribution in [0, 0.1) is 0 Å². The van der Waals surface area contributed by atoms with Crippen molar-refractivity contribution < 1.29 is 13.2 Å². The lowest BCUT2D eigenvalue weighted by atomic mass is 10.1. The molecule has 0 fully saturated rings. The summed E-state index contributed by atoms with van der Waals surface area (Å²) in [6.07, 6.45) is 1.81. The van der Waals surface area contributed by atoms with Gasteiger partial charge in [-0.2, -0.15) is 0 Å². The maximum atomic E-state index is 12.4. The highest BCUT2D eigenvalue weighted by molar-refractivity contribution is 9.10. The number of rotatable bonds is 4. The average molecular weight is 410 g/mol. The molecule has 2 aromatic rings. The summed E-state index contributed by atoms with van der Waals surface area (Å²) in [5.74, 6) is -0.0422. The van der Waals surface area contributed by atoms with Crippen molar-refractivity contribution in [3.05, 3.63) is 52.5 Å². The van der Waals surface area contributed by atoms with E-state index < -0.39 is 10.0 Å². The van der Waals surface area contributed by atoms with Crippen molar-refractivity contribution in [1.82, 2.24) is 4.83 Å². The predicted molar refractivity (Wildman–Crippen MR) is 96.1 cm³/mol. The largest absolute Gasteiger partial charge is 0.326 e. The van der Waals surface area contributed by atoms with Gasteiger partial charge in [-0.25, -0.2) is 8.42 Å². The summed E-state index contributed by atoms with van der Waals surface area (Å²) in [6, 6.07) is 11.8. The van der Waals surface area contributed by atoms with Crippen LogP contribution in [0.3, 0.4) is 0 Å². The number of benzene rings is 2. The van der Waals surface area contributed by atoms with Crippen molar-refractivity contribution in [3.63, 3.8) is 0 Å². The first-order chi connectivity index (χ1) is 11.4. The second-order valence-electron chi connectivity index (χ2n) is 5.46. The van der Waals surface area contributed by atoms with Gasteiger partial charge in [-0.3, -0.25) is 4.79 Å². The predicted octanol–water partition coefficient (Wildman–Crippen LogP) is 3.03. The number of hydrazine groups is 1. The lowest BCUT2D eigenvalue weighted by Crippen LogP contribution is -2.29. The molecule has 0 unspecified atom stereocenters. The van der Waals surface area contributed by atoms with Crippen LogP contribution < -0.4 is 15.6 Å². The Bertz CT molecular complexity index is 867. The molecule has 0 aliphatic carbocycles. The maximum absolute atomic E-state index is 12.4. The SMILES string of the molecule is O=C1CCCc2cc(S(=O)(=O)NNc3ccc(Br)cc3)ccc2N1. The standard InChI is InChI=1S/C16H16BrN3O3S/c17-12-4-6-13(7-5-12)19-20-24(22,23)14-8-9-15-11(10-14)2-1-3-16(21)18-15/h4-10,19-20H,1-3H2,(H,18,21). The summed E-state index contributed by atoms with van der Waals surface area (Å²) >= 11 is 3.32. The molecular formula is C16H16BrN3O3S. The van der Waals surface area contributed by atoms with Gasteiger partial charge in [0.05, 0.1) is 4.90 Å². The molecule has 3 N–H and O–H groups in total. The van der Waals surface area contributed by atoms with E-state index >= 15 is 0 Å². The van der Waals surface area contributed by atoms with Gasteiger partial charge in [0.15, 0.2) is 0 Å². The first kappa shape index (κ1) is 16.9. The molecule has 1 aliphatic heterocycles. The normalized spacial score (nSPS) is 14.5. The molecule has 0 saturated carbocycles. The Morgan fingerprint density at radius 1 is 1.04 bits per heavy atom. The zero-order valence-corrected chi connectivity index (χ0v) is 15.1. The Hall–Kier alpha value is -1.90. The minimum absolute atomic E-state index is 0.0422. The Morgan fingerprint density at radius 3 is 2.54 bits per heavy atom. The van der Waals surface area contributed by atoms with Gasteiger partial charge in [0, 0.05) is 22.3 Å². The smallest absolute Gasteiger partial charge is 0.257 e. The van der Waals surface area contributed by atoms with E-state index in [1.165, 1.54) is 6.07 Å². The van der Waals surface area contributed by atoms with Crippen LogP contribution in [0.4, 0.5) is 11.4 Å². The van der Waals surface area contributed by atoms with Gasteiger partial charge in [-0.05, 0) is 60.9 Å². The number of anilines is 2. The summed E-state index contributed by atoms with van der Waals surface area (Å²) in [6.45, 7) is 0. The Balaban J connectivity index is 1.78. The van der Waals surface area contributed by atoms with Crippen molar-refractivity contribution >= 4 is 43.2 Å². The second-order valence-corrected chi connectivity index (χ2v) is 8.06. The number of hydrogen-bond donors (Lipinski definition) is 3. The fourth-order valence-electron chi connectivity index (χ4n) is 2.44. The van der Waals surface area contributed by atoms with Crippen LogP contribution >= 0.6 is 15.9 Å². The van der Waals surface area contributed by atoms with Crippen molar-refractivity contribution in [3.8, 4) is 0 Å². The molecule has 2 aromatic carbocycles. The van der Waals surface area contributed by atoms with Crippen molar-refractivity contribution in [1.29, 1.82) is 0 Å². The molecule has 1 aliphatic rings. The highest BCUT2D eigenvalue weighted by Crippen LogP contribution is 2.25. The summed E-state index contributed by atoms with van der Waals surface area (Å²) in [4.78, 5) is 14.1. The summed E-state index contributed by atoms with van der Waals surface area (Å²) < 4.78 is 25.8. The molecule has 1 heterocycles. The fraction of sp³-hybridized carbons (Fsp3) is 0.188. The van der Waals surface area contributed by atoms with Crippen LogP contribution in [-0.2, 0) is 21.2 Å². The highest BCUT2D eigenvalue weighted by Gasteiger charge is 2.18. The molecule has 3 rings (SSSR count). The number of aryl methyl sites for hydroxylation is 1. The van der Waals surface area contributed by atoms with Crippen LogP contribution in [0.25, 0.3) is 0 Å². The van der Waals surface area contributed by atoms with Gasteiger partial charge in [0.1, 0.15) is 0 Å². The lowest BCUT2D eigenvalue weighted by Gasteiger charge is -2.12. The Kier molecular flexibility index (Phi) is 4.88. The number of carbonyl (C=O) groups excluding carboxylic acids is 1. The number of fused-ring (bicyclic) bond motifs is 1. The zero-order chi connectivity index (χ0) is 17.2. The zero-order valence-electron chi connectivity index (χ0n) is 12.7. The minimum Gasteiger partial charge on any atom is -0.326 e. The summed E-state index contributed by atoms with van der Waals surface area (Å²) in [7, 11) is -3.71. The Labute approximate surface area is 148 Å². The van der Waals surface area contributed by atoms with E-state index in [4.69, 9.17) is 0 Å². The number of carbonyl (C=O) groups is 1. The lowest BCUT2D eigenvalue weighted by molar-refractivity contribution is -0.116. The van der Waals surface area contributed by atoms with Gasteiger partial charge in [-0.1, -0.05) is 15.9 Å². The van der Waals surface area contributed by atoms with Crippen LogP contribution in [0.5, 0.6) is 0 Å². The van der Waals surface area contributed by atoms with Gasteiger partial charge in [0.25, 0.3) is 10.0 Å². The van der Waals surface area contributed by atoms with Gasteiger partial charge >= 0.3 is 0 Å². The van der Waals surface area contributed by atoms with E-state index in [1.54, 1.807) is 24.3 Å². The van der Waals surface area contributed by atoms with E-state index in [9.17, 15) is 13.2 Å². The third-order valence-electron chi connectivity index (χ3n) is 3.69. The third-order valence-corrected chi connectivity index (χ3v) is 5.46. The molecule has 0 radical (unpaired) electrons. The quantitative estimate of drug-likeness (QED) is 0.677. The van der Waals surface area contributed by atoms with E-state index in [1.807, 2.05) is 12.1 Å². The first-order valence-corrected chi connectivity index (χ1v) is 9.68. The second kappa shape index (κ2) is 6.92. The number of nitrogens with one attached hydrogen (secondary N) is 3. The number of hydrogen-bond acceptors (Lipinski definition) is 4. The first-order valence-electron chi connectivity index (χ1n) is 7.40. The van der Waals surface area contributed by atoms with Crippen LogP contribution in [-0.4, -0.2) is 14.3 Å². The van der Waals surface area contributed by atoms with Crippen LogP contribution in [0.15, 0.2) is 51.8 Å². The van der Waals surface area contributed by atoms with Crippen LogP contribution in [0.1, 0.15) is 18.4 Å². The molecule has 0 saturated heterocycles. The Morgan fingerprint density at radius 2 is 1.79 bits per heavy atom. The molecular weight excluding hydrogens is 394 g/mol. The van der Waals surface area contributed by atoms with E-state index in [2.05, 4.69) is 31.5 Å². The topological polar surface area (TPSA) is 87.3 Å². The average Bonchev–Trinajstić information content (AvgIpc) is 2.74. The van der Waals surface area contributed by atoms with E-state index in [-0.39, 0.29) is 10.8 Å². The van der Waals surface area contributed by atoms with Gasteiger partial charge in [-0.15, -0.1) is 4.83 Å². The third kappa shape index (κ3) is 3.95. The fourth-order valence-corrected chi connectivity index (χ4v) is 3.62. The van der Waals surface area contributed by atoms with Crippen molar-refractivity contribution in [2.45, 2.75) is 24.2 Å². The van der Waals surface area contributed by atoms with E-state index in [0.29, 0.717) is 30.6 Å². The molecule has 1 amide bonds. The van der Waals surface area contributed by atoms with Gasteiger partial charge < -0.3 is 10.7 Å². The number of sulfonamides is 1. The number of amides is 1.